The van der Waals surface area contributed by atoms with Gasteiger partial charge in [-0.1, -0.05) is 82.2 Å². The van der Waals surface area contributed by atoms with Crippen LogP contribution >= 0.6 is 15.9 Å². The van der Waals surface area contributed by atoms with Crippen molar-refractivity contribution in [1.29, 1.82) is 0 Å². The summed E-state index contributed by atoms with van der Waals surface area (Å²) in [5.41, 5.74) is 0.773. The molecule has 0 unspecified atom stereocenters. The fourth-order valence-corrected chi connectivity index (χ4v) is 6.51. The van der Waals surface area contributed by atoms with Crippen molar-refractivity contribution in [3.05, 3.63) is 130 Å². The zero-order valence-electron chi connectivity index (χ0n) is 25.2. The second kappa shape index (κ2) is 15.0. The van der Waals surface area contributed by atoms with Crippen LogP contribution in [0.3, 0.4) is 0 Å². The average Bonchev–Trinajstić information content (AvgIpc) is 3.02. The first-order valence-electron chi connectivity index (χ1n) is 14.4. The van der Waals surface area contributed by atoms with Crippen LogP contribution in [0.2, 0.25) is 0 Å². The van der Waals surface area contributed by atoms with E-state index in [9.17, 15) is 31.2 Å². The van der Waals surface area contributed by atoms with E-state index in [1.54, 1.807) is 62.4 Å². The Bertz CT molecular complexity index is 1750. The minimum Gasteiger partial charge on any atom is -0.355 e. The first-order valence-corrected chi connectivity index (χ1v) is 16.6. The molecule has 0 spiro atoms. The van der Waals surface area contributed by atoms with Crippen molar-refractivity contribution in [1.82, 2.24) is 10.2 Å². The maximum Gasteiger partial charge on any atom is 0.416 e. The molecule has 0 saturated heterocycles. The van der Waals surface area contributed by atoms with Crippen molar-refractivity contribution in [3.63, 3.8) is 0 Å². The number of benzene rings is 4. The van der Waals surface area contributed by atoms with Gasteiger partial charge in [-0.3, -0.25) is 13.9 Å². The first-order chi connectivity index (χ1) is 21.8. The van der Waals surface area contributed by atoms with Crippen LogP contribution in [0, 0.1) is 6.92 Å². The number of aryl methyl sites for hydroxylation is 1. The molecule has 0 aliphatic carbocycles. The number of likely N-dealkylation sites (N-methyl/N-ethyl adjacent to an activating group) is 1. The highest BCUT2D eigenvalue weighted by molar-refractivity contribution is 9.10. The third-order valence-corrected chi connectivity index (χ3v) is 9.55. The third-order valence-electron chi connectivity index (χ3n) is 7.24. The highest BCUT2D eigenvalue weighted by Gasteiger charge is 2.36. The summed E-state index contributed by atoms with van der Waals surface area (Å²) >= 11 is 3.39. The van der Waals surface area contributed by atoms with Crippen LogP contribution in [-0.2, 0) is 38.8 Å². The van der Waals surface area contributed by atoms with E-state index >= 15 is 0 Å². The van der Waals surface area contributed by atoms with Gasteiger partial charge in [0.05, 0.1) is 16.1 Å². The summed E-state index contributed by atoms with van der Waals surface area (Å²) in [7, 11) is -4.54. The van der Waals surface area contributed by atoms with Gasteiger partial charge in [-0.05, 0) is 67.4 Å². The number of anilines is 1. The minimum atomic E-state index is -4.76. The molecule has 7 nitrogen and oxygen atoms in total. The molecule has 2 amide bonds. The molecule has 46 heavy (non-hydrogen) atoms. The summed E-state index contributed by atoms with van der Waals surface area (Å²) < 4.78 is 70.8. The molecule has 4 aromatic rings. The number of nitrogens with one attached hydrogen (secondary N) is 1. The second-order valence-corrected chi connectivity index (χ2v) is 13.4. The Morgan fingerprint density at radius 1 is 0.870 bits per heavy atom. The lowest BCUT2D eigenvalue weighted by Crippen LogP contribution is -2.53. The fourth-order valence-electron chi connectivity index (χ4n) is 4.84. The number of halogens is 4. The summed E-state index contributed by atoms with van der Waals surface area (Å²) in [5, 5.41) is 2.77. The fraction of sp³-hybridized carbons (Fsp3) is 0.235. The molecular formula is C34H33BrF3N3O4S. The Morgan fingerprint density at radius 2 is 1.52 bits per heavy atom. The van der Waals surface area contributed by atoms with Crippen molar-refractivity contribution < 1.29 is 31.2 Å². The Morgan fingerprint density at radius 3 is 2.13 bits per heavy atom. The largest absolute Gasteiger partial charge is 0.416 e. The van der Waals surface area contributed by atoms with E-state index in [2.05, 4.69) is 21.2 Å². The number of sulfonamides is 1. The lowest BCUT2D eigenvalue weighted by Gasteiger charge is -2.34. The van der Waals surface area contributed by atoms with Crippen molar-refractivity contribution in [2.45, 2.75) is 43.9 Å². The van der Waals surface area contributed by atoms with Gasteiger partial charge in [-0.15, -0.1) is 0 Å². The van der Waals surface area contributed by atoms with Gasteiger partial charge in [0.1, 0.15) is 12.6 Å². The van der Waals surface area contributed by atoms with Gasteiger partial charge < -0.3 is 10.2 Å². The summed E-state index contributed by atoms with van der Waals surface area (Å²) in [6.45, 7) is 2.85. The van der Waals surface area contributed by atoms with Crippen molar-refractivity contribution >= 4 is 43.5 Å². The Labute approximate surface area is 275 Å². The lowest BCUT2D eigenvalue weighted by molar-refractivity contribution is -0.140. The van der Waals surface area contributed by atoms with E-state index in [1.165, 1.54) is 23.1 Å². The van der Waals surface area contributed by atoms with Crippen LogP contribution in [0.5, 0.6) is 0 Å². The van der Waals surface area contributed by atoms with Gasteiger partial charge >= 0.3 is 6.18 Å². The summed E-state index contributed by atoms with van der Waals surface area (Å²) in [5.74, 6) is -1.23. The predicted octanol–water partition coefficient (Wildman–Crippen LogP) is 6.75. The van der Waals surface area contributed by atoms with Gasteiger partial charge in [0, 0.05) is 24.0 Å². The lowest BCUT2D eigenvalue weighted by atomic mass is 10.0. The van der Waals surface area contributed by atoms with Gasteiger partial charge in [0.2, 0.25) is 11.8 Å². The zero-order chi connectivity index (χ0) is 33.5. The molecule has 0 aliphatic heterocycles. The topological polar surface area (TPSA) is 86.8 Å². The number of rotatable bonds is 12. The van der Waals surface area contributed by atoms with E-state index in [0.717, 1.165) is 27.7 Å². The third kappa shape index (κ3) is 8.76. The number of nitrogens with zero attached hydrogens (tertiary/aromatic N) is 2. The summed E-state index contributed by atoms with van der Waals surface area (Å²) in [6.07, 6.45) is -4.64. The highest BCUT2D eigenvalue weighted by atomic mass is 79.9. The number of carbonyl (C=O) groups excluding carboxylic acids is 2. The van der Waals surface area contributed by atoms with E-state index < -0.39 is 46.2 Å². The maximum absolute atomic E-state index is 14.4. The first kappa shape index (κ1) is 34.7. The van der Waals surface area contributed by atoms with Gasteiger partial charge in [-0.2, -0.15) is 13.2 Å². The molecule has 242 valence electrons. The quantitative estimate of drug-likeness (QED) is 0.176. The van der Waals surface area contributed by atoms with Crippen LogP contribution in [0.25, 0.3) is 0 Å². The van der Waals surface area contributed by atoms with E-state index in [1.807, 2.05) is 18.2 Å². The Kier molecular flexibility index (Phi) is 11.3. The van der Waals surface area contributed by atoms with Gasteiger partial charge in [0.25, 0.3) is 10.0 Å². The van der Waals surface area contributed by atoms with E-state index in [4.69, 9.17) is 0 Å². The van der Waals surface area contributed by atoms with Crippen molar-refractivity contribution in [3.8, 4) is 0 Å². The number of hydrogen-bond acceptors (Lipinski definition) is 4. The van der Waals surface area contributed by atoms with Gasteiger partial charge in [-0.25, -0.2) is 8.42 Å². The number of amides is 2. The van der Waals surface area contributed by atoms with Crippen LogP contribution in [0.1, 0.15) is 29.2 Å². The highest BCUT2D eigenvalue weighted by Crippen LogP contribution is 2.33. The smallest absolute Gasteiger partial charge is 0.355 e. The monoisotopic (exact) mass is 715 g/mol. The maximum atomic E-state index is 14.4. The van der Waals surface area contributed by atoms with Crippen molar-refractivity contribution in [2.75, 3.05) is 17.4 Å². The predicted molar refractivity (Wildman–Crippen MR) is 174 cm³/mol. The normalized spacial score (nSPS) is 12.3. The zero-order valence-corrected chi connectivity index (χ0v) is 27.6. The molecule has 12 heteroatoms. The second-order valence-electron chi connectivity index (χ2n) is 10.6. The molecule has 0 fully saturated rings. The van der Waals surface area contributed by atoms with E-state index in [-0.39, 0.29) is 30.1 Å². The Balaban J connectivity index is 1.83. The molecular weight excluding hydrogens is 683 g/mol. The number of carbonyl (C=O) groups is 2. The minimum absolute atomic E-state index is 0.0677. The molecule has 0 aliphatic rings. The summed E-state index contributed by atoms with van der Waals surface area (Å²) in [6, 6.07) is 24.6. The van der Waals surface area contributed by atoms with Gasteiger partial charge in [0.15, 0.2) is 0 Å². The SMILES string of the molecule is CCNC(=O)[C@H](Cc1ccccc1)N(Cc1ccc(Br)cc1)C(=O)CN(c1cccc(C(F)(F)F)c1)S(=O)(=O)c1ccc(C)cc1. The van der Waals surface area contributed by atoms with Crippen molar-refractivity contribution in [2.24, 2.45) is 0 Å². The average molecular weight is 717 g/mol. The number of alkyl halides is 3. The molecule has 0 heterocycles. The van der Waals surface area contributed by atoms with Crippen LogP contribution in [0.15, 0.2) is 112 Å². The molecule has 0 saturated carbocycles. The molecule has 0 radical (unpaired) electrons. The van der Waals surface area contributed by atoms with Crippen LogP contribution in [0.4, 0.5) is 18.9 Å². The molecule has 4 rings (SSSR count). The van der Waals surface area contributed by atoms with Crippen LogP contribution in [-0.4, -0.2) is 44.3 Å². The molecule has 4 aromatic carbocycles. The standard InChI is InChI=1S/C34H33BrF3N3O4S/c1-3-39-33(43)31(20-25-8-5-4-6-9-25)40(22-26-14-16-28(35)17-15-26)32(42)23-41(29-11-7-10-27(21-29)34(36,37)38)46(44,45)30-18-12-24(2)13-19-30/h4-19,21,31H,3,20,22-23H2,1-2H3,(H,39,43)/t31-/m0/s1. The molecule has 0 bridgehead atoms. The Hall–Kier alpha value is -4.16. The number of hydrogen-bond donors (Lipinski definition) is 1. The van der Waals surface area contributed by atoms with E-state index in [0.29, 0.717) is 15.9 Å². The van der Waals surface area contributed by atoms with Crippen LogP contribution < -0.4 is 9.62 Å². The molecule has 1 N–H and O–H groups in total. The molecule has 0 aromatic heterocycles. The molecule has 1 atom stereocenters. The summed E-state index contributed by atoms with van der Waals surface area (Å²) in [4.78, 5) is 29.0.